The van der Waals surface area contributed by atoms with E-state index in [2.05, 4.69) is 76.0 Å². The van der Waals surface area contributed by atoms with Gasteiger partial charge in [-0.05, 0) is 93.8 Å². The van der Waals surface area contributed by atoms with E-state index in [0.717, 1.165) is 89.4 Å². The highest BCUT2D eigenvalue weighted by atomic mass is 16.5. The summed E-state index contributed by atoms with van der Waals surface area (Å²) in [4.78, 5) is 28.7. The molecule has 38 heavy (non-hydrogen) atoms. The topological polar surface area (TPSA) is 61.8 Å². The minimum atomic E-state index is 0.135. The van der Waals surface area contributed by atoms with Crippen molar-refractivity contribution in [2.75, 3.05) is 51.8 Å². The van der Waals surface area contributed by atoms with Crippen LogP contribution in [0.15, 0.2) is 42.7 Å². The number of hydrogen-bond donors (Lipinski definition) is 0. The molecule has 2 fully saturated rings. The van der Waals surface area contributed by atoms with E-state index in [-0.39, 0.29) is 5.92 Å². The molecule has 1 aromatic carbocycles. The van der Waals surface area contributed by atoms with Gasteiger partial charge in [-0.3, -0.25) is 4.79 Å². The predicted molar refractivity (Wildman–Crippen MR) is 152 cm³/mol. The number of likely N-dealkylation sites (tertiary alicyclic amines) is 1. The third kappa shape index (κ3) is 6.37. The first-order valence-corrected chi connectivity index (χ1v) is 14.4. The molecule has 2 saturated heterocycles. The molecule has 7 nitrogen and oxygen atoms in total. The Balaban J connectivity index is 1.06. The number of allylic oxidation sites excluding steroid dienone is 2. The molecule has 1 amide bonds. The zero-order valence-electron chi connectivity index (χ0n) is 23.3. The molecular weight excluding hydrogens is 474 g/mol. The summed E-state index contributed by atoms with van der Waals surface area (Å²) in [6, 6.07) is 9.03. The van der Waals surface area contributed by atoms with Crippen LogP contribution < -0.4 is 9.64 Å². The Kier molecular flexibility index (Phi) is 8.62. The van der Waals surface area contributed by atoms with E-state index in [9.17, 15) is 4.79 Å². The SMILES string of the molecule is CCc1cnc(N2CCC(COc3ccc(C4=CCC(C(=O)N5CCC(N(C)C)C5)CC4)cc3)CC2)nc1. The lowest BCUT2D eigenvalue weighted by atomic mass is 9.86. The predicted octanol–water partition coefficient (Wildman–Crippen LogP) is 4.68. The van der Waals surface area contributed by atoms with Crippen LogP contribution in [0.1, 0.15) is 56.6 Å². The summed E-state index contributed by atoms with van der Waals surface area (Å²) in [6.45, 7) is 6.60. The Morgan fingerprint density at radius 3 is 2.37 bits per heavy atom. The molecule has 2 aliphatic heterocycles. The monoisotopic (exact) mass is 517 g/mol. The highest BCUT2D eigenvalue weighted by molar-refractivity contribution is 5.81. The molecule has 2 atom stereocenters. The average Bonchev–Trinajstić information content (AvgIpc) is 3.47. The Hall–Kier alpha value is -2.93. The summed E-state index contributed by atoms with van der Waals surface area (Å²) in [5.41, 5.74) is 3.78. The molecule has 5 rings (SSSR count). The average molecular weight is 518 g/mol. The molecule has 0 bridgehead atoms. The van der Waals surface area contributed by atoms with Gasteiger partial charge < -0.3 is 19.4 Å². The number of aromatic nitrogens is 2. The van der Waals surface area contributed by atoms with Crippen LogP contribution in [-0.2, 0) is 11.2 Å². The van der Waals surface area contributed by atoms with E-state index >= 15 is 0 Å². The molecule has 1 aliphatic carbocycles. The summed E-state index contributed by atoms with van der Waals surface area (Å²) in [5, 5.41) is 0. The Labute approximate surface area is 227 Å². The van der Waals surface area contributed by atoms with Gasteiger partial charge in [0, 0.05) is 50.5 Å². The van der Waals surface area contributed by atoms with Crippen molar-refractivity contribution in [2.45, 2.75) is 57.9 Å². The number of aryl methyl sites for hydroxylation is 1. The fourth-order valence-corrected chi connectivity index (χ4v) is 5.92. The second-order valence-electron chi connectivity index (χ2n) is 11.4. The van der Waals surface area contributed by atoms with Crippen LogP contribution in [0.4, 0.5) is 5.95 Å². The third-order valence-electron chi connectivity index (χ3n) is 8.67. The van der Waals surface area contributed by atoms with Gasteiger partial charge in [-0.2, -0.15) is 0 Å². The normalized spacial score (nSPS) is 22.6. The second kappa shape index (κ2) is 12.3. The number of benzene rings is 1. The van der Waals surface area contributed by atoms with Crippen LogP contribution in [0.3, 0.4) is 0 Å². The largest absolute Gasteiger partial charge is 0.493 e. The fourth-order valence-electron chi connectivity index (χ4n) is 5.92. The number of hydrogen-bond acceptors (Lipinski definition) is 6. The van der Waals surface area contributed by atoms with Crippen LogP contribution in [0, 0.1) is 11.8 Å². The molecule has 204 valence electrons. The first-order chi connectivity index (χ1) is 18.5. The van der Waals surface area contributed by atoms with E-state index < -0.39 is 0 Å². The van der Waals surface area contributed by atoms with Gasteiger partial charge in [-0.25, -0.2) is 9.97 Å². The number of anilines is 1. The van der Waals surface area contributed by atoms with Gasteiger partial charge in [0.1, 0.15) is 5.75 Å². The smallest absolute Gasteiger partial charge is 0.226 e. The van der Waals surface area contributed by atoms with Crippen molar-refractivity contribution in [1.82, 2.24) is 19.8 Å². The van der Waals surface area contributed by atoms with E-state index in [0.29, 0.717) is 17.9 Å². The Morgan fingerprint density at radius 1 is 1.03 bits per heavy atom. The molecule has 0 radical (unpaired) electrons. The number of likely N-dealkylation sites (N-methyl/N-ethyl adjacent to an activating group) is 1. The van der Waals surface area contributed by atoms with Crippen LogP contribution >= 0.6 is 0 Å². The molecule has 0 N–H and O–H groups in total. The van der Waals surface area contributed by atoms with Crippen LogP contribution in [0.2, 0.25) is 0 Å². The minimum absolute atomic E-state index is 0.135. The molecule has 7 heteroatoms. The van der Waals surface area contributed by atoms with Gasteiger partial charge in [0.25, 0.3) is 0 Å². The lowest BCUT2D eigenvalue weighted by molar-refractivity contribution is -0.134. The van der Waals surface area contributed by atoms with Gasteiger partial charge in [0.2, 0.25) is 11.9 Å². The van der Waals surface area contributed by atoms with Crippen LogP contribution in [-0.4, -0.2) is 78.6 Å². The summed E-state index contributed by atoms with van der Waals surface area (Å²) in [7, 11) is 4.22. The molecule has 1 aromatic heterocycles. The van der Waals surface area contributed by atoms with Crippen molar-refractivity contribution in [2.24, 2.45) is 11.8 Å². The highest BCUT2D eigenvalue weighted by Gasteiger charge is 2.32. The van der Waals surface area contributed by atoms with E-state index in [4.69, 9.17) is 4.74 Å². The lowest BCUT2D eigenvalue weighted by Gasteiger charge is -2.31. The fraction of sp³-hybridized carbons (Fsp3) is 0.581. The van der Waals surface area contributed by atoms with Gasteiger partial charge in [-0.15, -0.1) is 0 Å². The first kappa shape index (κ1) is 26.7. The zero-order valence-corrected chi connectivity index (χ0v) is 23.3. The third-order valence-corrected chi connectivity index (χ3v) is 8.67. The maximum Gasteiger partial charge on any atom is 0.226 e. The molecule has 0 saturated carbocycles. The maximum atomic E-state index is 13.0. The van der Waals surface area contributed by atoms with Crippen molar-refractivity contribution < 1.29 is 9.53 Å². The summed E-state index contributed by atoms with van der Waals surface area (Å²) in [6.07, 6.45) is 13.2. The molecule has 3 aliphatic rings. The Morgan fingerprint density at radius 2 is 1.76 bits per heavy atom. The summed E-state index contributed by atoms with van der Waals surface area (Å²) < 4.78 is 6.17. The Bertz CT molecular complexity index is 1090. The van der Waals surface area contributed by atoms with Crippen molar-refractivity contribution in [3.05, 3.63) is 53.9 Å². The first-order valence-electron chi connectivity index (χ1n) is 14.4. The van der Waals surface area contributed by atoms with Crippen LogP contribution in [0.25, 0.3) is 5.57 Å². The van der Waals surface area contributed by atoms with Crippen LogP contribution in [0.5, 0.6) is 5.75 Å². The van der Waals surface area contributed by atoms with Crippen molar-refractivity contribution in [1.29, 1.82) is 0 Å². The quantitative estimate of drug-likeness (QED) is 0.507. The van der Waals surface area contributed by atoms with E-state index in [1.54, 1.807) is 0 Å². The zero-order chi connectivity index (χ0) is 26.5. The highest BCUT2D eigenvalue weighted by Crippen LogP contribution is 2.33. The second-order valence-corrected chi connectivity index (χ2v) is 11.4. The molecular formula is C31H43N5O2. The summed E-state index contributed by atoms with van der Waals surface area (Å²) >= 11 is 0. The van der Waals surface area contributed by atoms with Crippen molar-refractivity contribution >= 4 is 17.4 Å². The molecule has 2 aromatic rings. The molecule has 0 spiro atoms. The number of rotatable bonds is 8. The summed E-state index contributed by atoms with van der Waals surface area (Å²) in [5.74, 6) is 2.82. The van der Waals surface area contributed by atoms with Gasteiger partial charge in [-0.1, -0.05) is 25.1 Å². The molecule has 3 heterocycles. The van der Waals surface area contributed by atoms with E-state index in [1.807, 2.05) is 12.4 Å². The van der Waals surface area contributed by atoms with Gasteiger partial charge in [0.05, 0.1) is 6.61 Å². The number of amides is 1. The van der Waals surface area contributed by atoms with Gasteiger partial charge in [0.15, 0.2) is 0 Å². The molecule has 2 unspecified atom stereocenters. The van der Waals surface area contributed by atoms with Crippen molar-refractivity contribution in [3.8, 4) is 5.75 Å². The number of ether oxygens (including phenoxy) is 1. The van der Waals surface area contributed by atoms with E-state index in [1.165, 1.54) is 16.7 Å². The number of piperidine rings is 1. The van der Waals surface area contributed by atoms with Crippen molar-refractivity contribution in [3.63, 3.8) is 0 Å². The lowest BCUT2D eigenvalue weighted by Crippen LogP contribution is -2.38. The number of carbonyl (C=O) groups excluding carboxylic acids is 1. The standard InChI is InChI=1S/C31H43N5O2/c1-4-23-19-32-31(33-20-23)35-16-13-24(14-17-35)22-38-29-11-9-26(10-12-29)25-5-7-27(8-6-25)30(37)36-18-15-28(21-36)34(2)3/h5,9-12,19-20,24,27-28H,4,6-8,13-18,21-22H2,1-3H3. The minimum Gasteiger partial charge on any atom is -0.493 e. The number of nitrogens with zero attached hydrogens (tertiary/aromatic N) is 5. The maximum absolute atomic E-state index is 13.0. The van der Waals surface area contributed by atoms with Gasteiger partial charge >= 0.3 is 0 Å². The number of carbonyl (C=O) groups is 1.